The van der Waals surface area contributed by atoms with Gasteiger partial charge in [0.05, 0.1) is 25.9 Å². The van der Waals surface area contributed by atoms with Gasteiger partial charge in [0.15, 0.2) is 6.29 Å². The van der Waals surface area contributed by atoms with Crippen molar-refractivity contribution in [3.05, 3.63) is 89.5 Å². The Morgan fingerprint density at radius 2 is 1.75 bits per heavy atom. The third-order valence-corrected chi connectivity index (χ3v) is 7.67. The Morgan fingerprint density at radius 3 is 2.50 bits per heavy atom. The molecule has 212 valence electrons. The van der Waals surface area contributed by atoms with Crippen molar-refractivity contribution in [2.45, 2.75) is 55.7 Å². The number of thioether (sulfide) groups is 1. The van der Waals surface area contributed by atoms with Gasteiger partial charge in [0.1, 0.15) is 5.75 Å². The van der Waals surface area contributed by atoms with Crippen LogP contribution in [-0.2, 0) is 25.7 Å². The predicted molar refractivity (Wildman–Crippen MR) is 151 cm³/mol. The Labute approximate surface area is 237 Å². The summed E-state index contributed by atoms with van der Waals surface area (Å²) < 4.78 is 18.3. The van der Waals surface area contributed by atoms with E-state index in [1.165, 1.54) is 0 Å². The first-order valence-electron chi connectivity index (χ1n) is 13.1. The fourth-order valence-corrected chi connectivity index (χ4v) is 5.44. The summed E-state index contributed by atoms with van der Waals surface area (Å²) in [7, 11) is 1.66. The third kappa shape index (κ3) is 8.30. The number of benzene rings is 3. The first kappa shape index (κ1) is 29.6. The molecule has 0 radical (unpaired) electrons. The molecule has 0 spiro atoms. The molecular formula is C30H34N2O7S. The van der Waals surface area contributed by atoms with Gasteiger partial charge in [-0.15, -0.1) is 11.8 Å². The van der Waals surface area contributed by atoms with E-state index in [0.717, 1.165) is 27.3 Å². The van der Waals surface area contributed by atoms with Gasteiger partial charge < -0.3 is 24.6 Å². The van der Waals surface area contributed by atoms with E-state index in [-0.39, 0.29) is 37.6 Å². The van der Waals surface area contributed by atoms with E-state index in [9.17, 15) is 14.7 Å². The molecule has 2 amide bonds. The number of ether oxygens (including phenoxy) is 3. The molecule has 3 aromatic carbocycles. The summed E-state index contributed by atoms with van der Waals surface area (Å²) in [6.45, 7) is -0.0249. The lowest BCUT2D eigenvalue weighted by Gasteiger charge is -2.36. The zero-order valence-electron chi connectivity index (χ0n) is 22.2. The first-order valence-corrected chi connectivity index (χ1v) is 14.1. The predicted octanol–water partition coefficient (Wildman–Crippen LogP) is 5.14. The second-order valence-corrected chi connectivity index (χ2v) is 10.4. The van der Waals surface area contributed by atoms with Crippen LogP contribution in [0.15, 0.2) is 77.7 Å². The van der Waals surface area contributed by atoms with Crippen LogP contribution in [0.2, 0.25) is 0 Å². The number of methoxy groups -OCH3 is 1. The lowest BCUT2D eigenvalue weighted by molar-refractivity contribution is -0.245. The SMILES string of the molecule is COc1ccccc1SCC1CC(c2ccc(CO)cc2)OC(c2cccc(NC(=O)CCCC(=O)NO)c2)O1. The van der Waals surface area contributed by atoms with Crippen LogP contribution in [0.4, 0.5) is 5.69 Å². The molecule has 3 aromatic rings. The minimum absolute atomic E-state index is 0.0249. The van der Waals surface area contributed by atoms with Crippen molar-refractivity contribution in [3.8, 4) is 5.75 Å². The molecule has 0 saturated carbocycles. The highest BCUT2D eigenvalue weighted by molar-refractivity contribution is 7.99. The Bertz CT molecular complexity index is 1270. The molecule has 1 aliphatic heterocycles. The Kier molecular flexibility index (Phi) is 11.0. The molecule has 10 heteroatoms. The van der Waals surface area contributed by atoms with Crippen LogP contribution in [-0.4, -0.2) is 41.1 Å². The lowest BCUT2D eigenvalue weighted by atomic mass is 10.0. The highest BCUT2D eigenvalue weighted by atomic mass is 32.2. The van der Waals surface area contributed by atoms with E-state index in [0.29, 0.717) is 24.3 Å². The maximum atomic E-state index is 12.4. The summed E-state index contributed by atoms with van der Waals surface area (Å²) in [5.41, 5.74) is 4.75. The Hall–Kier alpha value is -3.41. The van der Waals surface area contributed by atoms with E-state index < -0.39 is 12.2 Å². The molecule has 0 aliphatic carbocycles. The van der Waals surface area contributed by atoms with Gasteiger partial charge in [0.2, 0.25) is 11.8 Å². The summed E-state index contributed by atoms with van der Waals surface area (Å²) in [6.07, 6.45) is 0.136. The van der Waals surface area contributed by atoms with Gasteiger partial charge in [0.25, 0.3) is 0 Å². The standard InChI is InChI=1S/C30H34N2O7S/c1-37-25-8-2-3-9-27(25)40-19-24-17-26(21-14-12-20(18-33)13-15-21)39-30(38-24)22-6-4-7-23(16-22)31-28(34)10-5-11-29(35)32-36/h2-4,6-9,12-16,24,26,30,33,36H,5,10-11,17-19H2,1H3,(H,31,34)(H,32,35). The summed E-state index contributed by atoms with van der Waals surface area (Å²) in [5, 5.41) is 20.9. The van der Waals surface area contributed by atoms with E-state index >= 15 is 0 Å². The maximum absolute atomic E-state index is 12.4. The second kappa shape index (κ2) is 14.8. The summed E-state index contributed by atoms with van der Waals surface area (Å²) in [6, 6.07) is 22.9. The van der Waals surface area contributed by atoms with E-state index in [2.05, 4.69) is 5.32 Å². The monoisotopic (exact) mass is 566 g/mol. The van der Waals surface area contributed by atoms with Crippen LogP contribution in [0.25, 0.3) is 0 Å². The number of rotatable bonds is 12. The van der Waals surface area contributed by atoms with E-state index in [1.54, 1.807) is 30.4 Å². The number of hydrogen-bond donors (Lipinski definition) is 4. The summed E-state index contributed by atoms with van der Waals surface area (Å²) >= 11 is 1.66. The highest BCUT2D eigenvalue weighted by Crippen LogP contribution is 2.40. The summed E-state index contributed by atoms with van der Waals surface area (Å²) in [5.74, 6) is 0.734. The Morgan fingerprint density at radius 1 is 0.975 bits per heavy atom. The van der Waals surface area contributed by atoms with Crippen molar-refractivity contribution in [3.63, 3.8) is 0 Å². The maximum Gasteiger partial charge on any atom is 0.243 e. The van der Waals surface area contributed by atoms with Gasteiger partial charge >= 0.3 is 0 Å². The minimum atomic E-state index is -0.662. The van der Waals surface area contributed by atoms with Crippen LogP contribution >= 0.6 is 11.8 Å². The topological polar surface area (TPSA) is 126 Å². The molecular weight excluding hydrogens is 532 g/mol. The lowest BCUT2D eigenvalue weighted by Crippen LogP contribution is -2.31. The number of hydroxylamine groups is 1. The molecule has 4 rings (SSSR count). The number of para-hydroxylation sites is 1. The van der Waals surface area contributed by atoms with Crippen molar-refractivity contribution < 1.29 is 34.1 Å². The molecule has 9 nitrogen and oxygen atoms in total. The van der Waals surface area contributed by atoms with Crippen molar-refractivity contribution in [1.29, 1.82) is 0 Å². The molecule has 3 unspecified atom stereocenters. The minimum Gasteiger partial charge on any atom is -0.496 e. The fraction of sp³-hybridized carbons (Fsp3) is 0.333. The number of carbonyl (C=O) groups is 2. The van der Waals surface area contributed by atoms with Crippen LogP contribution in [0.1, 0.15) is 54.8 Å². The van der Waals surface area contributed by atoms with E-state index in [1.807, 2.05) is 66.7 Å². The van der Waals surface area contributed by atoms with E-state index in [4.69, 9.17) is 19.4 Å². The quantitative estimate of drug-likeness (QED) is 0.135. The van der Waals surface area contributed by atoms with Crippen molar-refractivity contribution in [2.24, 2.45) is 0 Å². The van der Waals surface area contributed by atoms with Crippen LogP contribution < -0.4 is 15.5 Å². The summed E-state index contributed by atoms with van der Waals surface area (Å²) in [4.78, 5) is 24.6. The molecule has 0 bridgehead atoms. The third-order valence-electron chi connectivity index (χ3n) is 6.48. The van der Waals surface area contributed by atoms with Gasteiger partial charge in [-0.25, -0.2) is 5.48 Å². The van der Waals surface area contributed by atoms with Gasteiger partial charge in [-0.1, -0.05) is 48.5 Å². The number of hydrogen-bond acceptors (Lipinski definition) is 8. The number of nitrogens with one attached hydrogen (secondary N) is 2. The van der Waals surface area contributed by atoms with Crippen molar-refractivity contribution in [2.75, 3.05) is 18.2 Å². The molecule has 0 aromatic heterocycles. The number of aliphatic hydroxyl groups is 1. The average molecular weight is 567 g/mol. The van der Waals surface area contributed by atoms with Gasteiger partial charge in [-0.05, 0) is 41.8 Å². The smallest absolute Gasteiger partial charge is 0.243 e. The molecule has 4 N–H and O–H groups in total. The molecule has 40 heavy (non-hydrogen) atoms. The van der Waals surface area contributed by atoms with Crippen LogP contribution in [0.3, 0.4) is 0 Å². The first-order chi connectivity index (χ1) is 19.5. The molecule has 1 saturated heterocycles. The normalized spacial score (nSPS) is 18.6. The zero-order chi connectivity index (χ0) is 28.3. The van der Waals surface area contributed by atoms with Gasteiger partial charge in [-0.2, -0.15) is 0 Å². The number of aliphatic hydroxyl groups excluding tert-OH is 1. The molecule has 1 aliphatic rings. The molecule has 1 fully saturated rings. The Balaban J connectivity index is 1.48. The average Bonchev–Trinajstić information content (AvgIpc) is 3.00. The van der Waals surface area contributed by atoms with Gasteiger partial charge in [0, 0.05) is 41.2 Å². The number of amides is 2. The number of carbonyl (C=O) groups excluding carboxylic acids is 2. The number of anilines is 1. The molecule has 3 atom stereocenters. The second-order valence-electron chi connectivity index (χ2n) is 9.37. The van der Waals surface area contributed by atoms with Crippen molar-refractivity contribution in [1.82, 2.24) is 5.48 Å². The molecule has 1 heterocycles. The van der Waals surface area contributed by atoms with Crippen molar-refractivity contribution >= 4 is 29.3 Å². The highest BCUT2D eigenvalue weighted by Gasteiger charge is 2.32. The van der Waals surface area contributed by atoms with Crippen LogP contribution in [0.5, 0.6) is 5.75 Å². The largest absolute Gasteiger partial charge is 0.496 e. The van der Waals surface area contributed by atoms with Crippen LogP contribution in [0, 0.1) is 0 Å². The fourth-order valence-electron chi connectivity index (χ4n) is 4.40. The van der Waals surface area contributed by atoms with Gasteiger partial charge in [-0.3, -0.25) is 14.8 Å². The zero-order valence-corrected chi connectivity index (χ0v) is 23.1.